The molecule has 3 aromatic rings. The second-order valence-corrected chi connectivity index (χ2v) is 8.66. The number of hydrogen-bond acceptors (Lipinski definition) is 3. The first-order valence-corrected chi connectivity index (χ1v) is 11.6. The third kappa shape index (κ3) is 3.26. The molecule has 4 heteroatoms. The zero-order valence-electron chi connectivity index (χ0n) is 19.0. The highest BCUT2D eigenvalue weighted by Crippen LogP contribution is 2.52. The summed E-state index contributed by atoms with van der Waals surface area (Å²) >= 11 is 0. The van der Waals surface area contributed by atoms with Crippen LogP contribution in [-0.4, -0.2) is 31.0 Å². The molecule has 0 spiro atoms. The minimum Gasteiger partial charge on any atom is -0.496 e. The average molecular weight is 427 g/mol. The fourth-order valence-electron chi connectivity index (χ4n) is 5.48. The van der Waals surface area contributed by atoms with Crippen molar-refractivity contribution in [2.45, 2.75) is 32.2 Å². The smallest absolute Gasteiger partial charge is 0.253 e. The van der Waals surface area contributed by atoms with Crippen LogP contribution in [0.15, 0.2) is 66.7 Å². The van der Waals surface area contributed by atoms with Gasteiger partial charge in [-0.3, -0.25) is 4.79 Å². The molecule has 1 aliphatic heterocycles. The number of amides is 1. The zero-order valence-corrected chi connectivity index (χ0v) is 19.0. The molecule has 0 radical (unpaired) electrons. The predicted octanol–water partition coefficient (Wildman–Crippen LogP) is 6.16. The molecule has 3 atom stereocenters. The van der Waals surface area contributed by atoms with Crippen LogP contribution in [0, 0.1) is 5.92 Å². The number of carbonyl (C=O) groups excluding carboxylic acids is 1. The summed E-state index contributed by atoms with van der Waals surface area (Å²) in [4.78, 5) is 14.9. The van der Waals surface area contributed by atoms with Crippen LogP contribution in [0.25, 0.3) is 10.8 Å². The second kappa shape index (κ2) is 8.34. The standard InChI is InChI=1S/C28H30N2O2/c1-4-30(5-2)28(31)19-13-15-24-23(17-19)21-11-8-12-22(21)27(29-24)26-20-10-7-6-9-18(20)14-16-25(26)32-3/h6-11,13-17,21-22,27,29H,4-5,12H2,1-3H3. The number of nitrogens with one attached hydrogen (secondary N) is 1. The molecule has 32 heavy (non-hydrogen) atoms. The van der Waals surface area contributed by atoms with Gasteiger partial charge in [0, 0.05) is 35.8 Å². The fourth-order valence-corrected chi connectivity index (χ4v) is 5.48. The summed E-state index contributed by atoms with van der Waals surface area (Å²) in [6.45, 7) is 5.50. The Kier molecular flexibility index (Phi) is 5.38. The summed E-state index contributed by atoms with van der Waals surface area (Å²) in [6.07, 6.45) is 5.61. The van der Waals surface area contributed by atoms with Gasteiger partial charge in [-0.15, -0.1) is 0 Å². The third-order valence-corrected chi connectivity index (χ3v) is 7.12. The Morgan fingerprint density at radius 1 is 1.09 bits per heavy atom. The maximum atomic E-state index is 13.0. The maximum Gasteiger partial charge on any atom is 0.253 e. The summed E-state index contributed by atoms with van der Waals surface area (Å²) in [7, 11) is 1.75. The topological polar surface area (TPSA) is 41.6 Å². The number of rotatable bonds is 5. The summed E-state index contributed by atoms with van der Waals surface area (Å²) in [5.41, 5.74) is 4.32. The Hall–Kier alpha value is -3.27. The largest absolute Gasteiger partial charge is 0.496 e. The van der Waals surface area contributed by atoms with Crippen molar-refractivity contribution in [1.29, 1.82) is 0 Å². The van der Waals surface area contributed by atoms with Crippen LogP contribution < -0.4 is 10.1 Å². The number of benzene rings is 3. The van der Waals surface area contributed by atoms with Crippen molar-refractivity contribution in [3.8, 4) is 5.75 Å². The van der Waals surface area contributed by atoms with Gasteiger partial charge < -0.3 is 15.0 Å². The van der Waals surface area contributed by atoms with E-state index in [1.54, 1.807) is 7.11 Å². The van der Waals surface area contributed by atoms with Crippen molar-refractivity contribution < 1.29 is 9.53 Å². The fraction of sp³-hybridized carbons (Fsp3) is 0.321. The van der Waals surface area contributed by atoms with Gasteiger partial charge in [0.2, 0.25) is 0 Å². The maximum absolute atomic E-state index is 13.0. The molecule has 0 aromatic heterocycles. The average Bonchev–Trinajstić information content (AvgIpc) is 3.33. The van der Waals surface area contributed by atoms with Crippen molar-refractivity contribution >= 4 is 22.4 Å². The van der Waals surface area contributed by atoms with Crippen molar-refractivity contribution in [1.82, 2.24) is 4.90 Å². The van der Waals surface area contributed by atoms with E-state index in [-0.39, 0.29) is 17.9 Å². The molecule has 0 bridgehead atoms. The number of carbonyl (C=O) groups is 1. The van der Waals surface area contributed by atoms with Crippen LogP contribution in [0.3, 0.4) is 0 Å². The molecule has 4 nitrogen and oxygen atoms in total. The number of hydrogen-bond donors (Lipinski definition) is 1. The van der Waals surface area contributed by atoms with E-state index in [1.165, 1.54) is 21.9 Å². The Morgan fingerprint density at radius 3 is 2.69 bits per heavy atom. The number of methoxy groups -OCH3 is 1. The first-order chi connectivity index (χ1) is 15.7. The SMILES string of the molecule is CCN(CC)C(=O)c1ccc2c(c1)C1C=CCC1C(c1c(OC)ccc3ccccc13)N2. The van der Waals surface area contributed by atoms with E-state index >= 15 is 0 Å². The molecule has 0 saturated carbocycles. The van der Waals surface area contributed by atoms with Gasteiger partial charge in [-0.25, -0.2) is 0 Å². The van der Waals surface area contributed by atoms with E-state index in [0.717, 1.165) is 36.5 Å². The number of ether oxygens (including phenoxy) is 1. The Bertz CT molecular complexity index is 1200. The van der Waals surface area contributed by atoms with Crippen molar-refractivity contribution in [3.05, 3.63) is 83.4 Å². The molecule has 5 rings (SSSR count). The number of nitrogens with zero attached hydrogens (tertiary/aromatic N) is 1. The highest BCUT2D eigenvalue weighted by atomic mass is 16.5. The van der Waals surface area contributed by atoms with Crippen molar-refractivity contribution in [3.63, 3.8) is 0 Å². The lowest BCUT2D eigenvalue weighted by Crippen LogP contribution is -2.32. The van der Waals surface area contributed by atoms with Crippen LogP contribution >= 0.6 is 0 Å². The van der Waals surface area contributed by atoms with Gasteiger partial charge in [-0.2, -0.15) is 0 Å². The van der Waals surface area contributed by atoms with Crippen LogP contribution in [-0.2, 0) is 0 Å². The molecule has 1 N–H and O–H groups in total. The highest BCUT2D eigenvalue weighted by molar-refractivity contribution is 5.95. The zero-order chi connectivity index (χ0) is 22.2. The van der Waals surface area contributed by atoms with E-state index < -0.39 is 0 Å². The third-order valence-electron chi connectivity index (χ3n) is 7.12. The number of fused-ring (bicyclic) bond motifs is 4. The first kappa shape index (κ1) is 20.6. The molecular formula is C28H30N2O2. The molecule has 0 saturated heterocycles. The van der Waals surface area contributed by atoms with Crippen molar-refractivity contribution in [2.24, 2.45) is 5.92 Å². The molecule has 164 valence electrons. The quantitative estimate of drug-likeness (QED) is 0.497. The Balaban J connectivity index is 1.60. The minimum atomic E-state index is 0.106. The Morgan fingerprint density at radius 2 is 1.91 bits per heavy atom. The highest BCUT2D eigenvalue weighted by Gasteiger charge is 2.40. The van der Waals surface area contributed by atoms with Crippen LogP contribution in [0.4, 0.5) is 5.69 Å². The van der Waals surface area contributed by atoms with Crippen molar-refractivity contribution in [2.75, 3.05) is 25.5 Å². The lowest BCUT2D eigenvalue weighted by Gasteiger charge is -2.38. The van der Waals surface area contributed by atoms with Crippen LogP contribution in [0.2, 0.25) is 0 Å². The molecule has 0 fully saturated rings. The van der Waals surface area contributed by atoms with Crippen LogP contribution in [0.5, 0.6) is 5.75 Å². The van der Waals surface area contributed by atoms with Gasteiger partial charge in [-0.1, -0.05) is 42.5 Å². The molecular weight excluding hydrogens is 396 g/mol. The van der Waals surface area contributed by atoms with Gasteiger partial charge in [0.15, 0.2) is 0 Å². The molecule has 1 amide bonds. The van der Waals surface area contributed by atoms with Gasteiger partial charge in [0.1, 0.15) is 5.75 Å². The second-order valence-electron chi connectivity index (χ2n) is 8.66. The van der Waals surface area contributed by atoms with Gasteiger partial charge in [0.05, 0.1) is 13.2 Å². The monoisotopic (exact) mass is 426 g/mol. The summed E-state index contributed by atoms with van der Waals surface area (Å²) < 4.78 is 5.83. The molecule has 1 heterocycles. The molecule has 3 aromatic carbocycles. The first-order valence-electron chi connectivity index (χ1n) is 11.6. The number of anilines is 1. The summed E-state index contributed by atoms with van der Waals surface area (Å²) in [5.74, 6) is 1.68. The molecule has 1 aliphatic carbocycles. The summed E-state index contributed by atoms with van der Waals surface area (Å²) in [6, 6.07) is 19.0. The molecule has 2 aliphatic rings. The lowest BCUT2D eigenvalue weighted by molar-refractivity contribution is 0.0773. The van der Waals surface area contributed by atoms with Gasteiger partial charge in [0.25, 0.3) is 5.91 Å². The van der Waals surface area contributed by atoms with Gasteiger partial charge in [-0.05, 0) is 66.8 Å². The normalized spacial score (nSPS) is 21.0. The molecule has 3 unspecified atom stereocenters. The predicted molar refractivity (Wildman–Crippen MR) is 131 cm³/mol. The van der Waals surface area contributed by atoms with Crippen LogP contribution in [0.1, 0.15) is 53.7 Å². The lowest BCUT2D eigenvalue weighted by atomic mass is 9.75. The van der Waals surface area contributed by atoms with E-state index in [9.17, 15) is 4.79 Å². The minimum absolute atomic E-state index is 0.106. The summed E-state index contributed by atoms with van der Waals surface area (Å²) in [5, 5.41) is 6.28. The van der Waals surface area contributed by atoms with E-state index in [2.05, 4.69) is 66.0 Å². The Labute approximate surface area is 189 Å². The number of allylic oxidation sites excluding steroid dienone is 2. The van der Waals surface area contributed by atoms with E-state index in [4.69, 9.17) is 4.74 Å². The van der Waals surface area contributed by atoms with E-state index in [1.807, 2.05) is 24.8 Å². The van der Waals surface area contributed by atoms with E-state index in [0.29, 0.717) is 5.92 Å². The van der Waals surface area contributed by atoms with Gasteiger partial charge >= 0.3 is 0 Å².